The van der Waals surface area contributed by atoms with Crippen LogP contribution in [-0.4, -0.2) is 10.8 Å². The lowest BCUT2D eigenvalue weighted by Crippen LogP contribution is -2.27. The zero-order chi connectivity index (χ0) is 15.2. The molecule has 0 radical (unpaired) electrons. The second-order valence-corrected chi connectivity index (χ2v) is 7.86. The van der Waals surface area contributed by atoms with Crippen molar-refractivity contribution in [1.82, 2.24) is 4.90 Å². The molecule has 1 unspecified atom stereocenters. The molecule has 2 aliphatic rings. The number of rotatable bonds is 2. The lowest BCUT2D eigenvalue weighted by molar-refractivity contribution is -0.127. The van der Waals surface area contributed by atoms with E-state index in [-0.39, 0.29) is 11.3 Å². The summed E-state index contributed by atoms with van der Waals surface area (Å²) >= 11 is 15.9. The van der Waals surface area contributed by atoms with Crippen molar-refractivity contribution in [3.05, 3.63) is 44.0 Å². The molecule has 21 heavy (non-hydrogen) atoms. The molecule has 1 aliphatic heterocycles. The predicted molar refractivity (Wildman–Crippen MR) is 89.5 cm³/mol. The Balaban J connectivity index is 1.96. The van der Waals surface area contributed by atoms with Crippen LogP contribution in [0.1, 0.15) is 38.2 Å². The molecule has 1 aliphatic carbocycles. The average molecular weight is 389 g/mol. The molecular weight excluding hydrogens is 373 g/mol. The first-order valence-corrected chi connectivity index (χ1v) is 8.59. The van der Waals surface area contributed by atoms with Gasteiger partial charge in [-0.15, -0.1) is 0 Å². The monoisotopic (exact) mass is 387 g/mol. The van der Waals surface area contributed by atoms with E-state index >= 15 is 0 Å². The van der Waals surface area contributed by atoms with Gasteiger partial charge in [0.25, 0.3) is 0 Å². The molecule has 1 aromatic carbocycles. The number of allylic oxidation sites excluding steroid dienone is 2. The smallest absolute Gasteiger partial charge is 0.228 e. The van der Waals surface area contributed by atoms with Crippen molar-refractivity contribution in [2.75, 3.05) is 0 Å². The minimum absolute atomic E-state index is 0.0347. The molecule has 0 bridgehead atoms. The van der Waals surface area contributed by atoms with Crippen LogP contribution in [0.15, 0.2) is 28.4 Å². The third-order valence-electron chi connectivity index (χ3n) is 4.41. The Bertz CT molecular complexity index is 643. The summed E-state index contributed by atoms with van der Waals surface area (Å²) in [6.45, 7) is 2.69. The Hall–Kier alpha value is -0.510. The maximum Gasteiger partial charge on any atom is 0.228 e. The highest BCUT2D eigenvalue weighted by Gasteiger charge is 2.46. The lowest BCUT2D eigenvalue weighted by Gasteiger charge is -2.33. The van der Waals surface area contributed by atoms with Crippen molar-refractivity contribution in [2.24, 2.45) is 5.41 Å². The van der Waals surface area contributed by atoms with Gasteiger partial charge in [0.1, 0.15) is 0 Å². The largest absolute Gasteiger partial charge is 0.310 e. The van der Waals surface area contributed by atoms with Gasteiger partial charge in [0.05, 0.1) is 6.54 Å². The van der Waals surface area contributed by atoms with Gasteiger partial charge in [-0.1, -0.05) is 52.1 Å². The molecule has 2 nitrogen and oxygen atoms in total. The minimum Gasteiger partial charge on any atom is -0.310 e. The first kappa shape index (κ1) is 15.4. The van der Waals surface area contributed by atoms with E-state index in [1.54, 1.807) is 6.07 Å². The van der Waals surface area contributed by atoms with Gasteiger partial charge in [-0.3, -0.25) is 4.79 Å². The van der Waals surface area contributed by atoms with E-state index in [2.05, 4.69) is 22.9 Å². The molecular formula is C16H16BrCl2NO. The molecule has 1 heterocycles. The highest BCUT2D eigenvalue weighted by Crippen LogP contribution is 2.51. The number of halogens is 3. The van der Waals surface area contributed by atoms with Gasteiger partial charge in [-0.2, -0.15) is 0 Å². The van der Waals surface area contributed by atoms with Gasteiger partial charge in [0.2, 0.25) is 5.91 Å². The Morgan fingerprint density at radius 2 is 2.14 bits per heavy atom. The van der Waals surface area contributed by atoms with Crippen LogP contribution in [0.25, 0.3) is 0 Å². The Morgan fingerprint density at radius 3 is 2.86 bits per heavy atom. The van der Waals surface area contributed by atoms with Crippen molar-refractivity contribution >= 4 is 45.0 Å². The van der Waals surface area contributed by atoms with Gasteiger partial charge >= 0.3 is 0 Å². The zero-order valence-corrected chi connectivity index (χ0v) is 14.9. The number of likely N-dealkylation sites (tertiary alicyclic amines) is 1. The third kappa shape index (κ3) is 2.76. The van der Waals surface area contributed by atoms with Crippen molar-refractivity contribution in [3.8, 4) is 0 Å². The third-order valence-corrected chi connectivity index (χ3v) is 5.77. The highest BCUT2D eigenvalue weighted by atomic mass is 79.9. The molecule has 5 heteroatoms. The van der Waals surface area contributed by atoms with Crippen LogP contribution >= 0.6 is 39.1 Å². The molecule has 0 aromatic heterocycles. The number of amides is 1. The van der Waals surface area contributed by atoms with Crippen molar-refractivity contribution in [2.45, 2.75) is 39.2 Å². The van der Waals surface area contributed by atoms with Crippen LogP contribution in [-0.2, 0) is 11.3 Å². The minimum atomic E-state index is -0.0347. The second kappa shape index (κ2) is 5.60. The standard InChI is InChI=1S/C16H16BrCl2NO/c1-16-6-2-3-12(17)15(16)20(14(21)8-16)9-10-4-5-11(18)7-13(10)19/h4-5,7H,2-3,6,8-9H2,1H3. The summed E-state index contributed by atoms with van der Waals surface area (Å²) in [7, 11) is 0. The number of nitrogens with zero attached hydrogens (tertiary/aromatic N) is 1. The van der Waals surface area contributed by atoms with E-state index in [0.29, 0.717) is 23.0 Å². The fourth-order valence-corrected chi connectivity index (χ4v) is 4.83. The topological polar surface area (TPSA) is 20.3 Å². The maximum absolute atomic E-state index is 12.5. The van der Waals surface area contributed by atoms with Gasteiger partial charge in [0.15, 0.2) is 0 Å². The van der Waals surface area contributed by atoms with E-state index in [1.165, 1.54) is 0 Å². The molecule has 112 valence electrons. The zero-order valence-electron chi connectivity index (χ0n) is 11.8. The van der Waals surface area contributed by atoms with Gasteiger partial charge in [0, 0.05) is 32.1 Å². The Kier molecular flexibility index (Phi) is 4.10. The van der Waals surface area contributed by atoms with E-state index in [9.17, 15) is 4.79 Å². The summed E-state index contributed by atoms with van der Waals surface area (Å²) in [5.74, 6) is 0.178. The molecule has 0 N–H and O–H groups in total. The lowest BCUT2D eigenvalue weighted by atomic mass is 9.77. The molecule has 3 rings (SSSR count). The van der Waals surface area contributed by atoms with Crippen LogP contribution < -0.4 is 0 Å². The number of fused-ring (bicyclic) bond motifs is 1. The number of hydrogen-bond donors (Lipinski definition) is 0. The Labute approximate surface area is 143 Å². The number of carbonyl (C=O) groups excluding carboxylic acids is 1. The van der Waals surface area contributed by atoms with E-state index in [4.69, 9.17) is 23.2 Å². The number of benzene rings is 1. The SMILES string of the molecule is CC12CCCC(Br)=C1N(Cc1ccc(Cl)cc1Cl)C(=O)C2. The molecule has 1 amide bonds. The van der Waals surface area contributed by atoms with Gasteiger partial charge < -0.3 is 4.90 Å². The van der Waals surface area contributed by atoms with Crippen molar-refractivity contribution < 1.29 is 4.79 Å². The quantitative estimate of drug-likeness (QED) is 0.652. The molecule has 1 aromatic rings. The van der Waals surface area contributed by atoms with Gasteiger partial charge in [-0.05, 0) is 37.0 Å². The normalized spacial score (nSPS) is 25.5. The fraction of sp³-hybridized carbons (Fsp3) is 0.438. The van der Waals surface area contributed by atoms with Crippen LogP contribution in [0, 0.1) is 5.41 Å². The molecule has 0 saturated carbocycles. The van der Waals surface area contributed by atoms with E-state index in [0.717, 1.165) is 35.0 Å². The maximum atomic E-state index is 12.5. The summed E-state index contributed by atoms with van der Waals surface area (Å²) in [5, 5.41) is 1.22. The predicted octanol–water partition coefficient (Wildman–Crippen LogP) is 5.52. The van der Waals surface area contributed by atoms with E-state index < -0.39 is 0 Å². The highest BCUT2D eigenvalue weighted by molar-refractivity contribution is 9.11. The second-order valence-electron chi connectivity index (χ2n) is 6.06. The summed E-state index contributed by atoms with van der Waals surface area (Å²) in [4.78, 5) is 14.4. The van der Waals surface area contributed by atoms with Crippen LogP contribution in [0.2, 0.25) is 10.0 Å². The van der Waals surface area contributed by atoms with Crippen molar-refractivity contribution in [1.29, 1.82) is 0 Å². The number of carbonyl (C=O) groups is 1. The molecule has 0 spiro atoms. The van der Waals surface area contributed by atoms with E-state index in [1.807, 2.05) is 17.0 Å². The summed E-state index contributed by atoms with van der Waals surface area (Å²) in [6.07, 6.45) is 3.78. The molecule has 1 saturated heterocycles. The number of hydrogen-bond acceptors (Lipinski definition) is 1. The fourth-order valence-electron chi connectivity index (χ4n) is 3.38. The summed E-state index contributed by atoms with van der Waals surface area (Å²) in [6, 6.07) is 5.43. The summed E-state index contributed by atoms with van der Waals surface area (Å²) < 4.78 is 1.16. The molecule has 1 atom stereocenters. The average Bonchev–Trinajstić information content (AvgIpc) is 2.65. The summed E-state index contributed by atoms with van der Waals surface area (Å²) in [5.41, 5.74) is 2.04. The van der Waals surface area contributed by atoms with Crippen LogP contribution in [0.3, 0.4) is 0 Å². The Morgan fingerprint density at radius 1 is 1.38 bits per heavy atom. The van der Waals surface area contributed by atoms with Gasteiger partial charge in [-0.25, -0.2) is 0 Å². The van der Waals surface area contributed by atoms with Crippen LogP contribution in [0.4, 0.5) is 0 Å². The first-order valence-electron chi connectivity index (χ1n) is 7.04. The van der Waals surface area contributed by atoms with Crippen LogP contribution in [0.5, 0.6) is 0 Å². The molecule has 1 fully saturated rings. The van der Waals surface area contributed by atoms with Crippen molar-refractivity contribution in [3.63, 3.8) is 0 Å². The first-order chi connectivity index (χ1) is 9.90.